The molecule has 72 heavy (non-hydrogen) atoms. The van der Waals surface area contributed by atoms with E-state index >= 15 is 0 Å². The minimum absolute atomic E-state index is 0.240. The Labute approximate surface area is 433 Å². The summed E-state index contributed by atoms with van der Waals surface area (Å²) >= 11 is 3.53. The van der Waals surface area contributed by atoms with Gasteiger partial charge in [-0.05, 0) is 173 Å². The predicted molar refractivity (Wildman–Crippen MR) is 320 cm³/mol. The van der Waals surface area contributed by atoms with Gasteiger partial charge in [-0.15, -0.1) is 0 Å². The Morgan fingerprint density at radius 3 is 1.69 bits per heavy atom. The molecule has 3 heteroatoms. The van der Waals surface area contributed by atoms with Gasteiger partial charge in [0.2, 0.25) is 0 Å². The number of aromatic nitrogens is 1. The number of thiol groups is 1. The first kappa shape index (κ1) is 49.1. The van der Waals surface area contributed by atoms with E-state index in [1.54, 1.807) is 6.26 Å². The predicted octanol–water partition coefficient (Wildman–Crippen LogP) is 20.0. The van der Waals surface area contributed by atoms with Gasteiger partial charge in [0.25, 0.3) is 0 Å². The molecule has 0 N–H and O–H groups in total. The van der Waals surface area contributed by atoms with Crippen molar-refractivity contribution in [2.24, 2.45) is 0 Å². The highest BCUT2D eigenvalue weighted by Gasteiger charge is 2.36. The van der Waals surface area contributed by atoms with E-state index in [1.807, 2.05) is 65.8 Å². The molecule has 3 aliphatic rings. The van der Waals surface area contributed by atoms with E-state index in [-0.39, 0.29) is 6.04 Å². The van der Waals surface area contributed by atoms with Crippen LogP contribution in [0.5, 0.6) is 0 Å². The second-order valence-corrected chi connectivity index (χ2v) is 17.7. The summed E-state index contributed by atoms with van der Waals surface area (Å²) in [5.41, 5.74) is 21.6. The first-order valence-corrected chi connectivity index (χ1v) is 26.3. The summed E-state index contributed by atoms with van der Waals surface area (Å²) in [5, 5.41) is 5.19. The fraction of sp³-hybridized carbons (Fsp3) is 0.130. The van der Waals surface area contributed by atoms with Crippen molar-refractivity contribution in [3.63, 3.8) is 0 Å². The molecule has 0 radical (unpaired) electrons. The fourth-order valence-corrected chi connectivity index (χ4v) is 10.6. The van der Waals surface area contributed by atoms with Gasteiger partial charge < -0.3 is 9.47 Å². The molecule has 1 aliphatic heterocycles. The average molecular weight is 953 g/mol. The molecule has 2 heterocycles. The third-order valence-corrected chi connectivity index (χ3v) is 13.9. The lowest BCUT2D eigenvalue weighted by Gasteiger charge is -2.29. The van der Waals surface area contributed by atoms with Crippen molar-refractivity contribution in [1.29, 1.82) is 0 Å². The molecule has 0 amide bonds. The molecule has 10 aromatic rings. The van der Waals surface area contributed by atoms with Crippen molar-refractivity contribution in [2.45, 2.75) is 54.0 Å². The van der Waals surface area contributed by atoms with Gasteiger partial charge in [-0.3, -0.25) is 0 Å². The number of nitrogens with zero attached hydrogens (tertiary/aromatic N) is 2. The molecular weight excluding hydrogens is 889 g/mol. The highest BCUT2D eigenvalue weighted by atomic mass is 32.1. The molecule has 0 bridgehead atoms. The van der Waals surface area contributed by atoms with Crippen LogP contribution in [0.15, 0.2) is 237 Å². The Bertz CT molecular complexity index is 3600. The summed E-state index contributed by atoms with van der Waals surface area (Å²) < 4.78 is 2.45. The van der Waals surface area contributed by atoms with E-state index in [0.29, 0.717) is 0 Å². The standard InChI is InChI=1S/C58H38N2.2C4H8.C2H6.CH4S/c1-3-13-37(14-4-1)38-25-30-56-52(34-38)53-36-40(27-32-57(53)59(56)42-16-5-2-6-17-42)39-26-31-55-51(35-39)47-21-9-10-24-54(47)60(55)43-18-11-15-41(33-43)44-28-29-50-46-20-8-7-19-45(46)49-23-12-22-48(44)58(49)50;2*1-3-4-2;2*1-2/h1-31,33-36,57H,32H2;2*3-4H,1-2H3;1-2H3;2H,1H3/b;2*4-3-;;. The van der Waals surface area contributed by atoms with Crippen LogP contribution < -0.4 is 4.90 Å². The van der Waals surface area contributed by atoms with Crippen LogP contribution in [0, 0.1) is 0 Å². The second-order valence-electron chi connectivity index (χ2n) is 17.7. The Morgan fingerprint density at radius 1 is 0.417 bits per heavy atom. The maximum absolute atomic E-state index is 3.53. The fourth-order valence-electron chi connectivity index (χ4n) is 10.6. The molecule has 2 nitrogen and oxygen atoms in total. The normalized spacial score (nSPS) is 13.7. The Hall–Kier alpha value is -7.85. The van der Waals surface area contributed by atoms with E-state index in [1.165, 1.54) is 111 Å². The molecule has 2 aliphatic carbocycles. The number of anilines is 2. The lowest BCUT2D eigenvalue weighted by Crippen LogP contribution is -2.27. The third kappa shape index (κ3) is 9.06. The van der Waals surface area contributed by atoms with Gasteiger partial charge in [0, 0.05) is 33.4 Å². The van der Waals surface area contributed by atoms with Gasteiger partial charge in [-0.1, -0.05) is 190 Å². The van der Waals surface area contributed by atoms with Gasteiger partial charge in [-0.2, -0.15) is 12.6 Å². The average Bonchev–Trinajstić information content (AvgIpc) is 4.10. The van der Waals surface area contributed by atoms with Crippen LogP contribution in [0.2, 0.25) is 0 Å². The highest BCUT2D eigenvalue weighted by molar-refractivity contribution is 7.79. The van der Waals surface area contributed by atoms with E-state index in [2.05, 4.69) is 234 Å². The molecule has 1 unspecified atom stereocenters. The minimum atomic E-state index is 0.240. The lowest BCUT2D eigenvalue weighted by atomic mass is 9.88. The van der Waals surface area contributed by atoms with Gasteiger partial charge in [0.15, 0.2) is 0 Å². The summed E-state index contributed by atoms with van der Waals surface area (Å²) in [4.78, 5) is 2.54. The van der Waals surface area contributed by atoms with Crippen LogP contribution in [0.25, 0.3) is 93.9 Å². The van der Waals surface area contributed by atoms with Crippen molar-refractivity contribution in [2.75, 3.05) is 11.2 Å². The zero-order valence-electron chi connectivity index (χ0n) is 42.6. The number of benzene rings is 9. The van der Waals surface area contributed by atoms with Crippen molar-refractivity contribution >= 4 is 67.7 Å². The highest BCUT2D eigenvalue weighted by Crippen LogP contribution is 2.51. The Morgan fingerprint density at radius 2 is 0.972 bits per heavy atom. The molecule has 0 fully saturated rings. The summed E-state index contributed by atoms with van der Waals surface area (Å²) in [6, 6.07) is 74.2. The summed E-state index contributed by atoms with van der Waals surface area (Å²) in [5.74, 6) is 0. The Balaban J connectivity index is 0.000000489. The maximum Gasteiger partial charge on any atom is 0.0633 e. The van der Waals surface area contributed by atoms with Crippen LogP contribution in [0.3, 0.4) is 0 Å². The van der Waals surface area contributed by atoms with Crippen molar-refractivity contribution in [1.82, 2.24) is 4.57 Å². The van der Waals surface area contributed by atoms with E-state index in [0.717, 1.165) is 12.1 Å². The number of rotatable bonds is 5. The van der Waals surface area contributed by atoms with Crippen molar-refractivity contribution < 1.29 is 0 Å². The molecule has 0 saturated heterocycles. The second kappa shape index (κ2) is 22.5. The number of hydrogen-bond donors (Lipinski definition) is 1. The summed E-state index contributed by atoms with van der Waals surface area (Å²) in [6.45, 7) is 12.0. The van der Waals surface area contributed by atoms with Crippen molar-refractivity contribution in [3.05, 3.63) is 248 Å². The molecular formula is C69H64N2S. The van der Waals surface area contributed by atoms with Crippen LogP contribution in [-0.4, -0.2) is 16.9 Å². The molecule has 0 saturated carbocycles. The quantitative estimate of drug-likeness (QED) is 0.133. The maximum atomic E-state index is 3.53. The Kier molecular flexibility index (Phi) is 15.3. The summed E-state index contributed by atoms with van der Waals surface area (Å²) in [6.07, 6.45) is 15.5. The summed E-state index contributed by atoms with van der Waals surface area (Å²) in [7, 11) is 0. The van der Waals surface area contributed by atoms with E-state index in [9.17, 15) is 0 Å². The topological polar surface area (TPSA) is 8.17 Å². The van der Waals surface area contributed by atoms with Gasteiger partial charge in [-0.25, -0.2) is 0 Å². The van der Waals surface area contributed by atoms with Gasteiger partial charge in [0.05, 0.1) is 17.1 Å². The molecule has 1 atom stereocenters. The van der Waals surface area contributed by atoms with E-state index in [4.69, 9.17) is 0 Å². The van der Waals surface area contributed by atoms with Crippen LogP contribution in [0.4, 0.5) is 11.4 Å². The molecule has 356 valence electrons. The molecule has 1 aromatic heterocycles. The zero-order valence-corrected chi connectivity index (χ0v) is 43.5. The minimum Gasteiger partial charge on any atom is -0.333 e. The molecule has 9 aromatic carbocycles. The molecule has 0 spiro atoms. The number of allylic oxidation sites excluding steroid dienone is 6. The van der Waals surface area contributed by atoms with Crippen molar-refractivity contribution in [3.8, 4) is 50.2 Å². The number of hydrogen-bond acceptors (Lipinski definition) is 2. The molecule has 13 rings (SSSR count). The van der Waals surface area contributed by atoms with Crippen LogP contribution >= 0.6 is 12.6 Å². The third-order valence-electron chi connectivity index (χ3n) is 13.9. The monoisotopic (exact) mass is 952 g/mol. The lowest BCUT2D eigenvalue weighted by molar-refractivity contribution is 0.831. The zero-order chi connectivity index (χ0) is 50.1. The van der Waals surface area contributed by atoms with Crippen LogP contribution in [0.1, 0.15) is 59.1 Å². The number of para-hydroxylation sites is 2. The van der Waals surface area contributed by atoms with E-state index < -0.39 is 0 Å². The smallest absolute Gasteiger partial charge is 0.0633 e. The largest absolute Gasteiger partial charge is 0.333 e. The number of fused-ring (bicyclic) bond motifs is 9. The first-order chi connectivity index (χ1) is 35.6. The van der Waals surface area contributed by atoms with Gasteiger partial charge >= 0.3 is 0 Å². The first-order valence-electron chi connectivity index (χ1n) is 25.4. The van der Waals surface area contributed by atoms with Gasteiger partial charge in [0.1, 0.15) is 0 Å². The SMILES string of the molecule is C/C=C\C.C/C=C\C.C1=C(c2ccc3c(c2)c2ccccc2n3-c2cccc(-c3ccc4c5c(cccc35)-c3ccccc3-4)c2)C=C2c3cc(-c4ccccc4)ccc3N(c3ccccc3)C2C1.CC.CS. The van der Waals surface area contributed by atoms with Crippen LogP contribution in [-0.2, 0) is 0 Å².